The summed E-state index contributed by atoms with van der Waals surface area (Å²) in [5.41, 5.74) is 0. The van der Waals surface area contributed by atoms with Gasteiger partial charge in [-0.25, -0.2) is 0 Å². The first-order valence-electron chi connectivity index (χ1n) is 4.08. The summed E-state index contributed by atoms with van der Waals surface area (Å²) in [5.74, 6) is 0.801. The number of ether oxygens (including phenoxy) is 1. The molecule has 1 unspecified atom stereocenters. The van der Waals surface area contributed by atoms with Crippen molar-refractivity contribution in [1.82, 2.24) is 0 Å². The Balaban J connectivity index is 1.91. The van der Waals surface area contributed by atoms with Crippen LogP contribution in [0.2, 0.25) is 0 Å². The van der Waals surface area contributed by atoms with E-state index in [9.17, 15) is 5.11 Å². The SMILES string of the molecule is CCOCC(O)CC1CC1. The standard InChI is InChI=1S/C8H16O2/c1-2-10-6-8(9)5-7-3-4-7/h7-9H,2-6H2,1H3. The Hall–Kier alpha value is -0.0800. The van der Waals surface area contributed by atoms with E-state index in [0.29, 0.717) is 13.2 Å². The Labute approximate surface area is 62.2 Å². The zero-order valence-electron chi connectivity index (χ0n) is 6.55. The number of aliphatic hydroxyl groups is 1. The molecule has 0 amide bonds. The van der Waals surface area contributed by atoms with Crippen molar-refractivity contribution in [2.24, 2.45) is 5.92 Å². The molecule has 1 aliphatic carbocycles. The summed E-state index contributed by atoms with van der Waals surface area (Å²) in [6, 6.07) is 0. The molecule has 0 aromatic heterocycles. The minimum atomic E-state index is -0.215. The molecule has 0 heterocycles. The van der Waals surface area contributed by atoms with E-state index in [2.05, 4.69) is 0 Å². The molecular weight excluding hydrogens is 128 g/mol. The van der Waals surface area contributed by atoms with Crippen molar-refractivity contribution in [3.8, 4) is 0 Å². The molecule has 0 radical (unpaired) electrons. The average molecular weight is 144 g/mol. The lowest BCUT2D eigenvalue weighted by atomic mass is 10.2. The van der Waals surface area contributed by atoms with Crippen LogP contribution in [0.25, 0.3) is 0 Å². The van der Waals surface area contributed by atoms with Gasteiger partial charge in [-0.1, -0.05) is 12.8 Å². The van der Waals surface area contributed by atoms with Crippen LogP contribution in [-0.4, -0.2) is 24.4 Å². The minimum Gasteiger partial charge on any atom is -0.391 e. The first kappa shape index (κ1) is 8.02. The smallest absolute Gasteiger partial charge is 0.0776 e. The zero-order chi connectivity index (χ0) is 7.40. The molecule has 0 bridgehead atoms. The Morgan fingerprint density at radius 2 is 2.30 bits per heavy atom. The molecule has 0 saturated heterocycles. The highest BCUT2D eigenvalue weighted by Gasteiger charge is 2.24. The molecule has 2 heteroatoms. The summed E-state index contributed by atoms with van der Waals surface area (Å²) < 4.78 is 5.07. The maximum atomic E-state index is 9.27. The fraction of sp³-hybridized carbons (Fsp3) is 1.00. The number of rotatable bonds is 5. The highest BCUT2D eigenvalue weighted by Crippen LogP contribution is 2.33. The van der Waals surface area contributed by atoms with Gasteiger partial charge in [-0.2, -0.15) is 0 Å². The van der Waals surface area contributed by atoms with Crippen LogP contribution in [0.4, 0.5) is 0 Å². The van der Waals surface area contributed by atoms with E-state index in [1.54, 1.807) is 0 Å². The van der Waals surface area contributed by atoms with Gasteiger partial charge in [-0.05, 0) is 19.3 Å². The number of aliphatic hydroxyl groups excluding tert-OH is 1. The Morgan fingerprint density at radius 1 is 1.60 bits per heavy atom. The summed E-state index contributed by atoms with van der Waals surface area (Å²) in [6.07, 6.45) is 3.35. The predicted molar refractivity (Wildman–Crippen MR) is 39.8 cm³/mol. The van der Waals surface area contributed by atoms with Crippen molar-refractivity contribution < 1.29 is 9.84 Å². The molecule has 1 rings (SSSR count). The molecule has 1 saturated carbocycles. The van der Waals surface area contributed by atoms with E-state index in [4.69, 9.17) is 4.74 Å². The Bertz CT molecular complexity index is 89.3. The first-order chi connectivity index (χ1) is 4.83. The van der Waals surface area contributed by atoms with Gasteiger partial charge in [0.1, 0.15) is 0 Å². The molecule has 0 spiro atoms. The molecule has 0 aromatic rings. The third-order valence-corrected chi connectivity index (χ3v) is 1.82. The highest BCUT2D eigenvalue weighted by atomic mass is 16.5. The van der Waals surface area contributed by atoms with Crippen molar-refractivity contribution in [3.63, 3.8) is 0 Å². The van der Waals surface area contributed by atoms with E-state index in [1.807, 2.05) is 6.92 Å². The predicted octanol–water partition coefficient (Wildman–Crippen LogP) is 1.18. The normalized spacial score (nSPS) is 21.0. The van der Waals surface area contributed by atoms with Crippen LogP contribution in [0, 0.1) is 5.92 Å². The lowest BCUT2D eigenvalue weighted by Gasteiger charge is -2.08. The van der Waals surface area contributed by atoms with E-state index in [-0.39, 0.29) is 6.10 Å². The third kappa shape index (κ3) is 3.18. The van der Waals surface area contributed by atoms with E-state index in [0.717, 1.165) is 12.3 Å². The fourth-order valence-electron chi connectivity index (χ4n) is 1.06. The number of hydrogen-bond donors (Lipinski definition) is 1. The average Bonchev–Trinajstić information content (AvgIpc) is 2.67. The molecule has 1 aliphatic rings. The molecular formula is C8H16O2. The highest BCUT2D eigenvalue weighted by molar-refractivity contribution is 4.76. The second-order valence-electron chi connectivity index (χ2n) is 2.99. The summed E-state index contributed by atoms with van der Waals surface area (Å²) in [6.45, 7) is 3.18. The lowest BCUT2D eigenvalue weighted by molar-refractivity contribution is 0.0352. The second kappa shape index (κ2) is 3.94. The van der Waals surface area contributed by atoms with Crippen LogP contribution in [0.15, 0.2) is 0 Å². The first-order valence-corrected chi connectivity index (χ1v) is 4.08. The van der Waals surface area contributed by atoms with Gasteiger partial charge in [-0.3, -0.25) is 0 Å². The van der Waals surface area contributed by atoms with Gasteiger partial charge in [0.25, 0.3) is 0 Å². The topological polar surface area (TPSA) is 29.5 Å². The number of hydrogen-bond acceptors (Lipinski definition) is 2. The largest absolute Gasteiger partial charge is 0.391 e. The molecule has 0 aliphatic heterocycles. The van der Waals surface area contributed by atoms with Crippen LogP contribution < -0.4 is 0 Å². The molecule has 0 aromatic carbocycles. The summed E-state index contributed by atoms with van der Waals surface area (Å²) in [5, 5.41) is 9.27. The third-order valence-electron chi connectivity index (χ3n) is 1.82. The Morgan fingerprint density at radius 3 is 2.80 bits per heavy atom. The maximum Gasteiger partial charge on any atom is 0.0776 e. The summed E-state index contributed by atoms with van der Waals surface area (Å²) in [4.78, 5) is 0. The summed E-state index contributed by atoms with van der Waals surface area (Å²) in [7, 11) is 0. The Kier molecular flexibility index (Phi) is 3.16. The monoisotopic (exact) mass is 144 g/mol. The van der Waals surface area contributed by atoms with Crippen molar-refractivity contribution in [2.45, 2.75) is 32.3 Å². The van der Waals surface area contributed by atoms with E-state index < -0.39 is 0 Å². The molecule has 1 fully saturated rings. The maximum absolute atomic E-state index is 9.27. The molecule has 1 atom stereocenters. The van der Waals surface area contributed by atoms with Crippen molar-refractivity contribution in [2.75, 3.05) is 13.2 Å². The molecule has 1 N–H and O–H groups in total. The van der Waals surface area contributed by atoms with Gasteiger partial charge in [0.15, 0.2) is 0 Å². The van der Waals surface area contributed by atoms with Gasteiger partial charge in [0.05, 0.1) is 12.7 Å². The van der Waals surface area contributed by atoms with Gasteiger partial charge in [-0.15, -0.1) is 0 Å². The fourth-order valence-corrected chi connectivity index (χ4v) is 1.06. The van der Waals surface area contributed by atoms with E-state index in [1.165, 1.54) is 12.8 Å². The van der Waals surface area contributed by atoms with Crippen LogP contribution in [0.5, 0.6) is 0 Å². The molecule has 10 heavy (non-hydrogen) atoms. The zero-order valence-corrected chi connectivity index (χ0v) is 6.55. The minimum absolute atomic E-state index is 0.215. The van der Waals surface area contributed by atoms with E-state index >= 15 is 0 Å². The van der Waals surface area contributed by atoms with Gasteiger partial charge in [0, 0.05) is 6.61 Å². The van der Waals surface area contributed by atoms with Gasteiger partial charge < -0.3 is 9.84 Å². The quantitative estimate of drug-likeness (QED) is 0.628. The van der Waals surface area contributed by atoms with Crippen LogP contribution in [-0.2, 0) is 4.74 Å². The second-order valence-corrected chi connectivity index (χ2v) is 2.99. The molecule has 2 nitrogen and oxygen atoms in total. The van der Waals surface area contributed by atoms with Gasteiger partial charge >= 0.3 is 0 Å². The molecule has 60 valence electrons. The van der Waals surface area contributed by atoms with Crippen LogP contribution in [0.3, 0.4) is 0 Å². The lowest BCUT2D eigenvalue weighted by Crippen LogP contribution is -2.15. The summed E-state index contributed by atoms with van der Waals surface area (Å²) >= 11 is 0. The van der Waals surface area contributed by atoms with Crippen molar-refractivity contribution >= 4 is 0 Å². The van der Waals surface area contributed by atoms with Crippen LogP contribution >= 0.6 is 0 Å². The van der Waals surface area contributed by atoms with Crippen LogP contribution in [0.1, 0.15) is 26.2 Å². The van der Waals surface area contributed by atoms with Crippen molar-refractivity contribution in [3.05, 3.63) is 0 Å². The van der Waals surface area contributed by atoms with Gasteiger partial charge in [0.2, 0.25) is 0 Å². The van der Waals surface area contributed by atoms with Crippen molar-refractivity contribution in [1.29, 1.82) is 0 Å².